The van der Waals surface area contributed by atoms with Gasteiger partial charge in [-0.1, -0.05) is 37.3 Å². The monoisotopic (exact) mass is 307 g/mol. The first kappa shape index (κ1) is 16.9. The highest BCUT2D eigenvalue weighted by Gasteiger charge is 2.30. The fourth-order valence-electron chi connectivity index (χ4n) is 3.27. The van der Waals surface area contributed by atoms with Gasteiger partial charge in [0.05, 0.1) is 0 Å². The van der Waals surface area contributed by atoms with E-state index in [0.29, 0.717) is 6.04 Å². The Hall–Kier alpha value is -0.510. The highest BCUT2D eigenvalue weighted by Crippen LogP contribution is 2.38. The highest BCUT2D eigenvalue weighted by atomic mass is 32.2. The summed E-state index contributed by atoms with van der Waals surface area (Å²) in [4.78, 5) is 0. The number of nitrogens with one attached hydrogen (secondary N) is 1. The average molecular weight is 308 g/mol. The number of benzene rings is 1. The Kier molecular flexibility index (Phi) is 7.62. The van der Waals surface area contributed by atoms with Crippen molar-refractivity contribution in [1.82, 2.24) is 5.32 Å². The lowest BCUT2D eigenvalue weighted by Crippen LogP contribution is -2.42. The Bertz CT molecular complexity index is 384. The SMILES string of the molecule is CCNC1CCC(c2ccccc2)CC1SCCCOC. The molecule has 2 nitrogen and oxygen atoms in total. The number of rotatable bonds is 8. The zero-order valence-electron chi connectivity index (χ0n) is 13.4. The minimum Gasteiger partial charge on any atom is -0.385 e. The second-order valence-electron chi connectivity index (χ2n) is 5.84. The zero-order chi connectivity index (χ0) is 14.9. The summed E-state index contributed by atoms with van der Waals surface area (Å²) in [5, 5.41) is 4.43. The van der Waals surface area contributed by atoms with Crippen LogP contribution in [0.25, 0.3) is 0 Å². The van der Waals surface area contributed by atoms with Gasteiger partial charge >= 0.3 is 0 Å². The molecule has 0 amide bonds. The zero-order valence-corrected chi connectivity index (χ0v) is 14.2. The first-order chi connectivity index (χ1) is 10.3. The van der Waals surface area contributed by atoms with Crippen molar-refractivity contribution in [2.45, 2.75) is 49.8 Å². The van der Waals surface area contributed by atoms with Gasteiger partial charge in [-0.25, -0.2) is 0 Å². The molecule has 1 aliphatic rings. The molecule has 1 saturated carbocycles. The summed E-state index contributed by atoms with van der Waals surface area (Å²) in [5.74, 6) is 1.95. The normalized spacial score (nSPS) is 25.9. The van der Waals surface area contributed by atoms with Crippen LogP contribution in [-0.4, -0.2) is 37.3 Å². The summed E-state index contributed by atoms with van der Waals surface area (Å²) < 4.78 is 5.17. The first-order valence-electron chi connectivity index (χ1n) is 8.24. The molecule has 0 heterocycles. The van der Waals surface area contributed by atoms with Gasteiger partial charge in [-0.3, -0.25) is 0 Å². The predicted molar refractivity (Wildman–Crippen MR) is 93.2 cm³/mol. The Morgan fingerprint density at radius 2 is 2.05 bits per heavy atom. The highest BCUT2D eigenvalue weighted by molar-refractivity contribution is 7.99. The maximum Gasteiger partial charge on any atom is 0.0470 e. The standard InChI is InChI=1S/C18H29NOS/c1-3-19-17-11-10-16(15-8-5-4-6-9-15)14-18(17)21-13-7-12-20-2/h4-6,8-9,16-19H,3,7,10-14H2,1-2H3. The van der Waals surface area contributed by atoms with Crippen LogP contribution < -0.4 is 5.32 Å². The Morgan fingerprint density at radius 3 is 2.76 bits per heavy atom. The second-order valence-corrected chi connectivity index (χ2v) is 7.19. The molecule has 1 N–H and O–H groups in total. The molecule has 0 radical (unpaired) electrons. The summed E-state index contributed by atoms with van der Waals surface area (Å²) in [5.41, 5.74) is 1.52. The Labute approximate surface area is 134 Å². The van der Waals surface area contributed by atoms with Crippen LogP contribution in [0, 0.1) is 0 Å². The van der Waals surface area contributed by atoms with Crippen molar-refractivity contribution in [3.63, 3.8) is 0 Å². The number of methoxy groups -OCH3 is 1. The summed E-state index contributed by atoms with van der Waals surface area (Å²) in [6.45, 7) is 4.18. The van der Waals surface area contributed by atoms with Crippen LogP contribution >= 0.6 is 11.8 Å². The molecule has 21 heavy (non-hydrogen) atoms. The van der Waals surface area contributed by atoms with Crippen molar-refractivity contribution >= 4 is 11.8 Å². The van der Waals surface area contributed by atoms with E-state index in [1.807, 2.05) is 0 Å². The molecule has 118 valence electrons. The minimum absolute atomic E-state index is 0.683. The smallest absolute Gasteiger partial charge is 0.0470 e. The van der Waals surface area contributed by atoms with Gasteiger partial charge in [-0.15, -0.1) is 0 Å². The van der Waals surface area contributed by atoms with E-state index in [1.165, 1.54) is 30.6 Å². The lowest BCUT2D eigenvalue weighted by molar-refractivity contribution is 0.200. The second kappa shape index (κ2) is 9.50. The molecule has 3 unspecified atom stereocenters. The number of ether oxygens (including phenoxy) is 1. The van der Waals surface area contributed by atoms with Crippen LogP contribution in [0.15, 0.2) is 30.3 Å². The van der Waals surface area contributed by atoms with E-state index >= 15 is 0 Å². The van der Waals surface area contributed by atoms with Crippen molar-refractivity contribution in [2.75, 3.05) is 26.0 Å². The molecule has 0 aromatic heterocycles. The summed E-state index contributed by atoms with van der Waals surface area (Å²) in [6.07, 6.45) is 5.08. The molecule has 3 heteroatoms. The van der Waals surface area contributed by atoms with Crippen LogP contribution in [0.2, 0.25) is 0 Å². The summed E-state index contributed by atoms with van der Waals surface area (Å²) >= 11 is 2.14. The van der Waals surface area contributed by atoms with E-state index in [-0.39, 0.29) is 0 Å². The molecule has 1 fully saturated rings. The third-order valence-corrected chi connectivity index (χ3v) is 5.83. The quantitative estimate of drug-likeness (QED) is 0.732. The molecule has 0 bridgehead atoms. The third-order valence-electron chi connectivity index (χ3n) is 4.35. The van der Waals surface area contributed by atoms with Gasteiger partial charge in [0.2, 0.25) is 0 Å². The van der Waals surface area contributed by atoms with E-state index in [1.54, 1.807) is 7.11 Å². The van der Waals surface area contributed by atoms with E-state index in [9.17, 15) is 0 Å². The van der Waals surface area contributed by atoms with E-state index in [4.69, 9.17) is 4.74 Å². The van der Waals surface area contributed by atoms with Crippen LogP contribution in [0.4, 0.5) is 0 Å². The van der Waals surface area contributed by atoms with Crippen molar-refractivity contribution in [3.05, 3.63) is 35.9 Å². The van der Waals surface area contributed by atoms with Crippen LogP contribution in [-0.2, 0) is 4.74 Å². The molecule has 1 aromatic carbocycles. The molecular formula is C18H29NOS. The summed E-state index contributed by atoms with van der Waals surface area (Å²) in [6, 6.07) is 11.7. The lowest BCUT2D eigenvalue weighted by atomic mass is 9.81. The molecule has 0 aliphatic heterocycles. The molecule has 0 saturated heterocycles. The van der Waals surface area contributed by atoms with Crippen molar-refractivity contribution in [1.29, 1.82) is 0 Å². The molecule has 1 aromatic rings. The molecular weight excluding hydrogens is 278 g/mol. The molecule has 0 spiro atoms. The first-order valence-corrected chi connectivity index (χ1v) is 9.29. The van der Waals surface area contributed by atoms with E-state index < -0.39 is 0 Å². The number of hydrogen-bond acceptors (Lipinski definition) is 3. The largest absolute Gasteiger partial charge is 0.385 e. The fraction of sp³-hybridized carbons (Fsp3) is 0.667. The van der Waals surface area contributed by atoms with Gasteiger partial charge < -0.3 is 10.1 Å². The maximum absolute atomic E-state index is 5.17. The Morgan fingerprint density at radius 1 is 1.24 bits per heavy atom. The van der Waals surface area contributed by atoms with Crippen LogP contribution in [0.5, 0.6) is 0 Å². The van der Waals surface area contributed by atoms with Crippen molar-refractivity contribution < 1.29 is 4.74 Å². The molecule has 3 atom stereocenters. The van der Waals surface area contributed by atoms with E-state index in [2.05, 4.69) is 54.3 Å². The van der Waals surface area contributed by atoms with Gasteiger partial charge in [-0.2, -0.15) is 11.8 Å². The predicted octanol–water partition coefficient (Wildman–Crippen LogP) is 4.07. The van der Waals surface area contributed by atoms with Crippen molar-refractivity contribution in [2.24, 2.45) is 0 Å². The van der Waals surface area contributed by atoms with Crippen LogP contribution in [0.3, 0.4) is 0 Å². The van der Waals surface area contributed by atoms with Gasteiger partial charge in [-0.05, 0) is 49.5 Å². The van der Waals surface area contributed by atoms with Gasteiger partial charge in [0, 0.05) is 25.0 Å². The summed E-state index contributed by atoms with van der Waals surface area (Å²) in [7, 11) is 1.79. The minimum atomic E-state index is 0.683. The Balaban J connectivity index is 1.91. The van der Waals surface area contributed by atoms with Gasteiger partial charge in [0.25, 0.3) is 0 Å². The average Bonchev–Trinajstić information content (AvgIpc) is 2.54. The third kappa shape index (κ3) is 5.32. The van der Waals surface area contributed by atoms with Crippen LogP contribution in [0.1, 0.15) is 44.1 Å². The lowest BCUT2D eigenvalue weighted by Gasteiger charge is -2.36. The molecule has 1 aliphatic carbocycles. The topological polar surface area (TPSA) is 21.3 Å². The van der Waals surface area contributed by atoms with Gasteiger partial charge in [0.15, 0.2) is 0 Å². The fourth-order valence-corrected chi connectivity index (χ4v) is 4.70. The van der Waals surface area contributed by atoms with Gasteiger partial charge in [0.1, 0.15) is 0 Å². The molecule has 2 rings (SSSR count). The number of hydrogen-bond donors (Lipinski definition) is 1. The maximum atomic E-state index is 5.17. The van der Waals surface area contributed by atoms with Crippen molar-refractivity contribution in [3.8, 4) is 0 Å². The van der Waals surface area contributed by atoms with E-state index in [0.717, 1.165) is 30.7 Å². The number of thioether (sulfide) groups is 1.